The quantitative estimate of drug-likeness (QED) is 0.907. The zero-order valence-electron chi connectivity index (χ0n) is 13.1. The van der Waals surface area contributed by atoms with Gasteiger partial charge in [-0.2, -0.15) is 0 Å². The Balaban J connectivity index is 1.79. The minimum atomic E-state index is 0.161. The van der Waals surface area contributed by atoms with E-state index in [1.165, 1.54) is 12.8 Å². The molecule has 3 rings (SSSR count). The third-order valence-electron chi connectivity index (χ3n) is 4.91. The first-order valence-corrected chi connectivity index (χ1v) is 8.36. The van der Waals surface area contributed by atoms with E-state index in [-0.39, 0.29) is 5.91 Å². The predicted molar refractivity (Wildman–Crippen MR) is 82.4 cm³/mol. The third kappa shape index (κ3) is 2.86. The summed E-state index contributed by atoms with van der Waals surface area (Å²) in [6.45, 7) is 5.02. The fraction of sp³-hybridized carbons (Fsp3) is 0.706. The van der Waals surface area contributed by atoms with Crippen LogP contribution < -0.4 is 5.32 Å². The van der Waals surface area contributed by atoms with Crippen LogP contribution in [0.3, 0.4) is 0 Å². The van der Waals surface area contributed by atoms with Gasteiger partial charge in [0.1, 0.15) is 5.76 Å². The number of hydrogen-bond acceptors (Lipinski definition) is 3. The molecule has 1 amide bonds. The Labute approximate surface area is 126 Å². The number of carbonyl (C=O) groups excluding carboxylic acids is 1. The minimum Gasteiger partial charge on any atom is -0.469 e. The number of hydrogen-bond donors (Lipinski definition) is 1. The highest BCUT2D eigenvalue weighted by Gasteiger charge is 2.38. The molecule has 2 aliphatic heterocycles. The van der Waals surface area contributed by atoms with Crippen molar-refractivity contribution in [2.45, 2.75) is 70.5 Å². The second kappa shape index (κ2) is 6.22. The van der Waals surface area contributed by atoms with Crippen LogP contribution in [-0.2, 0) is 6.42 Å². The van der Waals surface area contributed by atoms with Gasteiger partial charge in [0, 0.05) is 31.1 Å². The van der Waals surface area contributed by atoms with Crippen molar-refractivity contribution in [2.24, 2.45) is 0 Å². The average molecular weight is 290 g/mol. The molecule has 1 aromatic heterocycles. The maximum absolute atomic E-state index is 13.0. The summed E-state index contributed by atoms with van der Waals surface area (Å²) in [7, 11) is 0. The second-order valence-electron chi connectivity index (χ2n) is 6.37. The van der Waals surface area contributed by atoms with Crippen molar-refractivity contribution >= 4 is 5.91 Å². The predicted octanol–water partition coefficient (Wildman–Crippen LogP) is 2.98. The molecule has 3 heterocycles. The Morgan fingerprint density at radius 1 is 1.33 bits per heavy atom. The summed E-state index contributed by atoms with van der Waals surface area (Å²) in [5.41, 5.74) is 0.761. The Kier molecular flexibility index (Phi) is 4.34. The fourth-order valence-corrected chi connectivity index (χ4v) is 3.93. The molecule has 2 unspecified atom stereocenters. The molecule has 0 aliphatic carbocycles. The maximum Gasteiger partial charge on any atom is 0.257 e. The summed E-state index contributed by atoms with van der Waals surface area (Å²) in [6.07, 6.45) is 8.14. The van der Waals surface area contributed by atoms with E-state index >= 15 is 0 Å². The minimum absolute atomic E-state index is 0.161. The van der Waals surface area contributed by atoms with Gasteiger partial charge in [0.15, 0.2) is 0 Å². The standard InChI is InChI=1S/C17H26N2O2/c1-3-8-19(14-10-12-5-6-13(11-14)18-12)17(20)15-7-9-21-16(15)4-2/h7,9,12-14,18H,3-6,8,10-11H2,1-2H3. The molecule has 2 bridgehead atoms. The summed E-state index contributed by atoms with van der Waals surface area (Å²) in [5.74, 6) is 0.978. The van der Waals surface area contributed by atoms with E-state index in [0.717, 1.165) is 43.6 Å². The molecule has 21 heavy (non-hydrogen) atoms. The van der Waals surface area contributed by atoms with Gasteiger partial charge < -0.3 is 14.6 Å². The highest BCUT2D eigenvalue weighted by molar-refractivity contribution is 5.95. The van der Waals surface area contributed by atoms with Crippen LogP contribution in [0, 0.1) is 0 Å². The number of fused-ring (bicyclic) bond motifs is 2. The normalized spacial score (nSPS) is 27.8. The van der Waals surface area contributed by atoms with Gasteiger partial charge in [-0.3, -0.25) is 4.79 Å². The van der Waals surface area contributed by atoms with Crippen LogP contribution in [0.1, 0.15) is 62.1 Å². The molecular weight excluding hydrogens is 264 g/mol. The molecule has 2 saturated heterocycles. The summed E-state index contributed by atoms with van der Waals surface area (Å²) in [5, 5.41) is 3.66. The molecule has 2 fully saturated rings. The van der Waals surface area contributed by atoms with Gasteiger partial charge in [-0.05, 0) is 38.2 Å². The van der Waals surface area contributed by atoms with E-state index in [4.69, 9.17) is 4.42 Å². The van der Waals surface area contributed by atoms with E-state index in [1.807, 2.05) is 13.0 Å². The van der Waals surface area contributed by atoms with Crippen molar-refractivity contribution in [1.82, 2.24) is 10.2 Å². The van der Waals surface area contributed by atoms with Crippen LogP contribution in [0.2, 0.25) is 0 Å². The van der Waals surface area contributed by atoms with Gasteiger partial charge in [0.2, 0.25) is 0 Å². The Bertz CT molecular complexity index is 485. The van der Waals surface area contributed by atoms with Crippen molar-refractivity contribution < 1.29 is 9.21 Å². The molecule has 116 valence electrons. The maximum atomic E-state index is 13.0. The zero-order chi connectivity index (χ0) is 14.8. The van der Waals surface area contributed by atoms with Crippen molar-refractivity contribution in [1.29, 1.82) is 0 Å². The molecule has 0 saturated carbocycles. The van der Waals surface area contributed by atoms with Gasteiger partial charge in [0.05, 0.1) is 11.8 Å². The number of amides is 1. The van der Waals surface area contributed by atoms with Gasteiger partial charge in [-0.25, -0.2) is 0 Å². The first-order valence-electron chi connectivity index (χ1n) is 8.36. The molecule has 1 aromatic rings. The van der Waals surface area contributed by atoms with Gasteiger partial charge in [0.25, 0.3) is 5.91 Å². The van der Waals surface area contributed by atoms with E-state index < -0.39 is 0 Å². The Morgan fingerprint density at radius 3 is 2.67 bits per heavy atom. The number of rotatable bonds is 5. The van der Waals surface area contributed by atoms with E-state index in [0.29, 0.717) is 18.1 Å². The van der Waals surface area contributed by atoms with Crippen molar-refractivity contribution in [3.63, 3.8) is 0 Å². The number of nitrogens with zero attached hydrogens (tertiary/aromatic N) is 1. The molecule has 1 N–H and O–H groups in total. The van der Waals surface area contributed by atoms with Crippen molar-refractivity contribution in [3.05, 3.63) is 23.7 Å². The van der Waals surface area contributed by atoms with Crippen LogP contribution in [-0.4, -0.2) is 35.5 Å². The third-order valence-corrected chi connectivity index (χ3v) is 4.91. The smallest absolute Gasteiger partial charge is 0.257 e. The molecule has 2 atom stereocenters. The summed E-state index contributed by atoms with van der Waals surface area (Å²) in [4.78, 5) is 15.1. The summed E-state index contributed by atoms with van der Waals surface area (Å²) in [6, 6.07) is 3.43. The second-order valence-corrected chi connectivity index (χ2v) is 6.37. The van der Waals surface area contributed by atoms with E-state index in [9.17, 15) is 4.79 Å². The van der Waals surface area contributed by atoms with Crippen LogP contribution in [0.4, 0.5) is 0 Å². The van der Waals surface area contributed by atoms with Crippen molar-refractivity contribution in [2.75, 3.05) is 6.54 Å². The topological polar surface area (TPSA) is 45.5 Å². The highest BCUT2D eigenvalue weighted by Crippen LogP contribution is 2.31. The van der Waals surface area contributed by atoms with Gasteiger partial charge in [-0.15, -0.1) is 0 Å². The van der Waals surface area contributed by atoms with E-state index in [1.54, 1.807) is 6.26 Å². The fourth-order valence-electron chi connectivity index (χ4n) is 3.93. The summed E-state index contributed by atoms with van der Waals surface area (Å²) < 4.78 is 5.45. The lowest BCUT2D eigenvalue weighted by atomic mass is 9.97. The van der Waals surface area contributed by atoms with Crippen LogP contribution in [0.5, 0.6) is 0 Å². The van der Waals surface area contributed by atoms with Crippen LogP contribution in [0.25, 0.3) is 0 Å². The first-order chi connectivity index (χ1) is 10.2. The lowest BCUT2D eigenvalue weighted by Crippen LogP contribution is -2.50. The van der Waals surface area contributed by atoms with Crippen molar-refractivity contribution in [3.8, 4) is 0 Å². The monoisotopic (exact) mass is 290 g/mol. The molecule has 4 heteroatoms. The highest BCUT2D eigenvalue weighted by atomic mass is 16.3. The van der Waals surface area contributed by atoms with Crippen LogP contribution in [0.15, 0.2) is 16.7 Å². The number of nitrogens with one attached hydrogen (secondary N) is 1. The molecule has 2 aliphatic rings. The largest absolute Gasteiger partial charge is 0.469 e. The zero-order valence-corrected chi connectivity index (χ0v) is 13.1. The molecular formula is C17H26N2O2. The number of carbonyl (C=O) groups is 1. The number of piperidine rings is 1. The number of aryl methyl sites for hydroxylation is 1. The lowest BCUT2D eigenvalue weighted by molar-refractivity contribution is 0.0614. The summed E-state index contributed by atoms with van der Waals surface area (Å²) >= 11 is 0. The number of furan rings is 1. The lowest BCUT2D eigenvalue weighted by Gasteiger charge is -2.37. The molecule has 0 aromatic carbocycles. The molecule has 0 radical (unpaired) electrons. The van der Waals surface area contributed by atoms with Gasteiger partial charge >= 0.3 is 0 Å². The van der Waals surface area contributed by atoms with E-state index in [2.05, 4.69) is 17.1 Å². The molecule has 4 nitrogen and oxygen atoms in total. The molecule has 0 spiro atoms. The van der Waals surface area contributed by atoms with Crippen LogP contribution >= 0.6 is 0 Å². The average Bonchev–Trinajstić information content (AvgIpc) is 3.10. The Hall–Kier alpha value is -1.29. The first kappa shape index (κ1) is 14.6. The SMILES string of the molecule is CCCN(C(=O)c1ccoc1CC)C1CC2CCC(C1)N2. The van der Waals surface area contributed by atoms with Gasteiger partial charge in [-0.1, -0.05) is 13.8 Å². The Morgan fingerprint density at radius 2 is 2.05 bits per heavy atom.